The van der Waals surface area contributed by atoms with Crippen molar-refractivity contribution in [3.8, 4) is 0 Å². The average Bonchev–Trinajstić information content (AvgIpc) is 3.16. The second kappa shape index (κ2) is 7.05. The predicted molar refractivity (Wildman–Crippen MR) is 94.5 cm³/mol. The van der Waals surface area contributed by atoms with Crippen LogP contribution in [0.15, 0.2) is 29.4 Å². The number of Topliss-reactive ketones (excluding diaryl/α,β-unsaturated/α-hetero) is 1. The number of hydrogen-bond donors (Lipinski definition) is 1. The van der Waals surface area contributed by atoms with Crippen LogP contribution in [-0.4, -0.2) is 65.5 Å². The van der Waals surface area contributed by atoms with Gasteiger partial charge in [0, 0.05) is 18.9 Å². The van der Waals surface area contributed by atoms with Gasteiger partial charge in [-0.05, 0) is 30.9 Å². The third kappa shape index (κ3) is 3.26. The first-order valence-corrected chi connectivity index (χ1v) is 10.2. The largest absolute Gasteiger partial charge is 0.330 e. The maximum atomic E-state index is 12.9. The number of hydrogen-bond acceptors (Lipinski definition) is 6. The molecular formula is C17H24N4O4S. The molecule has 0 bridgehead atoms. The Hall–Kier alpha value is -1.84. The number of pyridine rings is 1. The lowest BCUT2D eigenvalue weighted by Crippen LogP contribution is -2.50. The van der Waals surface area contributed by atoms with Gasteiger partial charge in [-0.2, -0.15) is 4.31 Å². The topological polar surface area (TPSA) is 114 Å². The average molecular weight is 380 g/mol. The minimum atomic E-state index is -3.81. The standard InChI is InChI=1S/C17H24N4O4S/c1-11(2)9-13(18)17(23)20-8-5-14-16(20)15(22)10-21(14)26(24,25)12-3-6-19-7-4-12/h3-4,6-7,11,13-14,16H,5,8-10,18H2,1-2H3. The van der Waals surface area contributed by atoms with E-state index in [9.17, 15) is 18.0 Å². The molecule has 9 heteroatoms. The molecule has 3 rings (SSSR count). The Labute approximate surface area is 153 Å². The van der Waals surface area contributed by atoms with Crippen LogP contribution in [0.5, 0.6) is 0 Å². The van der Waals surface area contributed by atoms with Gasteiger partial charge in [-0.3, -0.25) is 14.6 Å². The van der Waals surface area contributed by atoms with Gasteiger partial charge in [0.05, 0.1) is 23.5 Å². The molecule has 2 N–H and O–H groups in total. The van der Waals surface area contributed by atoms with Crippen molar-refractivity contribution in [1.29, 1.82) is 0 Å². The second-order valence-electron chi connectivity index (χ2n) is 7.27. The molecule has 2 saturated heterocycles. The summed E-state index contributed by atoms with van der Waals surface area (Å²) in [6.07, 6.45) is 3.76. The van der Waals surface area contributed by atoms with E-state index in [2.05, 4.69) is 4.98 Å². The fourth-order valence-corrected chi connectivity index (χ4v) is 5.42. The minimum absolute atomic E-state index is 0.0993. The summed E-state index contributed by atoms with van der Waals surface area (Å²) < 4.78 is 27.0. The number of sulfonamides is 1. The first kappa shape index (κ1) is 18.9. The molecule has 1 aromatic rings. The summed E-state index contributed by atoms with van der Waals surface area (Å²) in [6, 6.07) is 0.869. The Balaban J connectivity index is 1.83. The van der Waals surface area contributed by atoms with Crippen LogP contribution in [0, 0.1) is 5.92 Å². The highest BCUT2D eigenvalue weighted by molar-refractivity contribution is 7.89. The van der Waals surface area contributed by atoms with Gasteiger partial charge in [-0.1, -0.05) is 13.8 Å². The molecule has 0 saturated carbocycles. The zero-order valence-corrected chi connectivity index (χ0v) is 15.7. The molecule has 1 amide bonds. The molecule has 3 unspecified atom stereocenters. The number of nitrogens with zero attached hydrogens (tertiary/aromatic N) is 3. The minimum Gasteiger partial charge on any atom is -0.330 e. The zero-order chi connectivity index (χ0) is 19.1. The summed E-state index contributed by atoms with van der Waals surface area (Å²) in [4.78, 5) is 30.6. The first-order valence-electron chi connectivity index (χ1n) is 8.74. The van der Waals surface area contributed by atoms with Gasteiger partial charge in [0.2, 0.25) is 15.9 Å². The van der Waals surface area contributed by atoms with E-state index >= 15 is 0 Å². The Bertz CT molecular complexity index is 796. The van der Waals surface area contributed by atoms with Gasteiger partial charge >= 0.3 is 0 Å². The molecule has 26 heavy (non-hydrogen) atoms. The fraction of sp³-hybridized carbons (Fsp3) is 0.588. The molecule has 3 atom stereocenters. The molecule has 2 fully saturated rings. The summed E-state index contributed by atoms with van der Waals surface area (Å²) in [5.74, 6) is -0.270. The Kier molecular flexibility index (Phi) is 5.14. The van der Waals surface area contributed by atoms with Crippen LogP contribution < -0.4 is 5.73 Å². The van der Waals surface area contributed by atoms with E-state index in [0.29, 0.717) is 19.4 Å². The van der Waals surface area contributed by atoms with Gasteiger partial charge in [-0.25, -0.2) is 8.42 Å². The van der Waals surface area contributed by atoms with Crippen molar-refractivity contribution in [3.05, 3.63) is 24.5 Å². The zero-order valence-electron chi connectivity index (χ0n) is 14.9. The SMILES string of the molecule is CC(C)CC(N)C(=O)N1CCC2C1C(=O)CN2S(=O)(=O)c1ccncc1. The van der Waals surface area contributed by atoms with Crippen LogP contribution >= 0.6 is 0 Å². The molecule has 0 aromatic carbocycles. The lowest BCUT2D eigenvalue weighted by Gasteiger charge is -2.26. The van der Waals surface area contributed by atoms with Crippen LogP contribution in [0.25, 0.3) is 0 Å². The summed E-state index contributed by atoms with van der Waals surface area (Å²) in [7, 11) is -3.81. The molecule has 0 radical (unpaired) electrons. The maximum Gasteiger partial charge on any atom is 0.243 e. The van der Waals surface area contributed by atoms with E-state index in [1.807, 2.05) is 13.8 Å². The third-order valence-corrected chi connectivity index (χ3v) is 6.84. The lowest BCUT2D eigenvalue weighted by molar-refractivity contribution is -0.137. The van der Waals surface area contributed by atoms with Gasteiger partial charge in [0.25, 0.3) is 0 Å². The van der Waals surface area contributed by atoms with Crippen molar-refractivity contribution in [1.82, 2.24) is 14.2 Å². The normalized spacial score (nSPS) is 24.9. The lowest BCUT2D eigenvalue weighted by atomic mass is 10.0. The number of carbonyl (C=O) groups excluding carboxylic acids is 2. The Morgan fingerprint density at radius 3 is 2.62 bits per heavy atom. The summed E-state index contributed by atoms with van der Waals surface area (Å²) in [6.45, 7) is 4.07. The van der Waals surface area contributed by atoms with E-state index < -0.39 is 28.1 Å². The van der Waals surface area contributed by atoms with Crippen LogP contribution in [0.2, 0.25) is 0 Å². The highest BCUT2D eigenvalue weighted by atomic mass is 32.2. The van der Waals surface area contributed by atoms with Crippen LogP contribution in [-0.2, 0) is 19.6 Å². The number of nitrogens with two attached hydrogens (primary N) is 1. The molecule has 2 aliphatic heterocycles. The quantitative estimate of drug-likeness (QED) is 0.769. The summed E-state index contributed by atoms with van der Waals surface area (Å²) >= 11 is 0. The summed E-state index contributed by atoms with van der Waals surface area (Å²) in [5.41, 5.74) is 6.00. The summed E-state index contributed by atoms with van der Waals surface area (Å²) in [5, 5.41) is 0. The predicted octanol–water partition coefficient (Wildman–Crippen LogP) is -0.00210. The van der Waals surface area contributed by atoms with Gasteiger partial charge in [-0.15, -0.1) is 0 Å². The van der Waals surface area contributed by atoms with Crippen molar-refractivity contribution < 1.29 is 18.0 Å². The van der Waals surface area contributed by atoms with Gasteiger partial charge in [0.1, 0.15) is 6.04 Å². The molecule has 8 nitrogen and oxygen atoms in total. The van der Waals surface area contributed by atoms with Crippen molar-refractivity contribution in [2.45, 2.75) is 49.7 Å². The van der Waals surface area contributed by atoms with Crippen LogP contribution in [0.3, 0.4) is 0 Å². The number of likely N-dealkylation sites (tertiary alicyclic amines) is 1. The van der Waals surface area contributed by atoms with Crippen LogP contribution in [0.4, 0.5) is 0 Å². The number of aromatic nitrogens is 1. The molecular weight excluding hydrogens is 356 g/mol. The highest BCUT2D eigenvalue weighted by Gasteiger charge is 2.54. The van der Waals surface area contributed by atoms with E-state index in [4.69, 9.17) is 5.73 Å². The highest BCUT2D eigenvalue weighted by Crippen LogP contribution is 2.34. The number of rotatable bonds is 5. The molecule has 0 aliphatic carbocycles. The Morgan fingerprint density at radius 2 is 2.00 bits per heavy atom. The first-order chi connectivity index (χ1) is 12.2. The smallest absolute Gasteiger partial charge is 0.243 e. The Morgan fingerprint density at radius 1 is 1.35 bits per heavy atom. The number of fused-ring (bicyclic) bond motifs is 1. The third-order valence-electron chi connectivity index (χ3n) is 4.96. The molecule has 0 spiro atoms. The van der Waals surface area contributed by atoms with Crippen molar-refractivity contribution in [2.24, 2.45) is 11.7 Å². The van der Waals surface area contributed by atoms with Crippen molar-refractivity contribution in [2.75, 3.05) is 13.1 Å². The van der Waals surface area contributed by atoms with E-state index in [1.165, 1.54) is 33.7 Å². The number of ketones is 1. The number of carbonyl (C=O) groups is 2. The van der Waals surface area contributed by atoms with Crippen molar-refractivity contribution >= 4 is 21.7 Å². The number of amides is 1. The monoisotopic (exact) mass is 380 g/mol. The molecule has 142 valence electrons. The fourth-order valence-electron chi connectivity index (χ4n) is 3.81. The molecule has 2 aliphatic rings. The van der Waals surface area contributed by atoms with Crippen LogP contribution in [0.1, 0.15) is 26.7 Å². The molecule has 3 heterocycles. The van der Waals surface area contributed by atoms with Gasteiger partial charge in [0.15, 0.2) is 5.78 Å². The van der Waals surface area contributed by atoms with Crippen molar-refractivity contribution in [3.63, 3.8) is 0 Å². The van der Waals surface area contributed by atoms with E-state index in [-0.39, 0.29) is 29.0 Å². The van der Waals surface area contributed by atoms with Gasteiger partial charge < -0.3 is 10.6 Å². The molecule has 1 aromatic heterocycles. The van der Waals surface area contributed by atoms with E-state index in [0.717, 1.165) is 0 Å². The maximum absolute atomic E-state index is 12.9. The second-order valence-corrected chi connectivity index (χ2v) is 9.16. The van der Waals surface area contributed by atoms with E-state index in [1.54, 1.807) is 0 Å².